The Balaban J connectivity index is 2.37. The Morgan fingerprint density at radius 1 is 1.15 bits per heavy atom. The van der Waals surface area contributed by atoms with E-state index in [0.717, 1.165) is 22.6 Å². The van der Waals surface area contributed by atoms with E-state index in [9.17, 15) is 0 Å². The maximum atomic E-state index is 5.88. The van der Waals surface area contributed by atoms with E-state index in [1.807, 2.05) is 36.7 Å². The number of rotatable bonds is 1. The molecule has 2 N–H and O–H groups in total. The highest BCUT2D eigenvalue weighted by atomic mass is 15.0. The first-order valence-electron chi connectivity index (χ1n) is 6.65. The van der Waals surface area contributed by atoms with Gasteiger partial charge in [-0.25, -0.2) is 4.98 Å². The van der Waals surface area contributed by atoms with E-state index >= 15 is 0 Å². The number of nitrogens with zero attached hydrogens (tertiary/aromatic N) is 3. The molecule has 0 spiro atoms. The molecular formula is C16H18N4. The van der Waals surface area contributed by atoms with Crippen LogP contribution in [0.25, 0.3) is 16.9 Å². The zero-order chi connectivity index (χ0) is 14.3. The predicted molar refractivity (Wildman–Crippen MR) is 81.5 cm³/mol. The number of nitrogen functional groups attached to an aromatic ring is 1. The highest BCUT2D eigenvalue weighted by molar-refractivity contribution is 5.70. The summed E-state index contributed by atoms with van der Waals surface area (Å²) >= 11 is 0. The Morgan fingerprint density at radius 3 is 2.65 bits per heavy atom. The summed E-state index contributed by atoms with van der Waals surface area (Å²) in [4.78, 5) is 8.99. The molecule has 4 heteroatoms. The standard InChI is InChI=1S/C16H18N4/c1-16(2,3)15-14(11-8-12(17)10-18-9-11)20-7-5-4-6-13(20)19-15/h4-10H,17H2,1-3H3. The summed E-state index contributed by atoms with van der Waals surface area (Å²) in [5.74, 6) is 0. The van der Waals surface area contributed by atoms with Crippen molar-refractivity contribution in [1.29, 1.82) is 0 Å². The predicted octanol–water partition coefficient (Wildman–Crippen LogP) is 3.28. The van der Waals surface area contributed by atoms with Gasteiger partial charge in [-0.15, -0.1) is 0 Å². The molecule has 3 rings (SSSR count). The average Bonchev–Trinajstić information content (AvgIpc) is 2.78. The van der Waals surface area contributed by atoms with Gasteiger partial charge in [0.1, 0.15) is 5.65 Å². The Morgan fingerprint density at radius 2 is 1.95 bits per heavy atom. The van der Waals surface area contributed by atoms with Gasteiger partial charge in [-0.2, -0.15) is 0 Å². The lowest BCUT2D eigenvalue weighted by Gasteiger charge is -2.18. The van der Waals surface area contributed by atoms with Crippen LogP contribution >= 0.6 is 0 Å². The Hall–Kier alpha value is -2.36. The molecule has 0 radical (unpaired) electrons. The largest absolute Gasteiger partial charge is 0.397 e. The van der Waals surface area contributed by atoms with Crippen LogP contribution in [0.2, 0.25) is 0 Å². The monoisotopic (exact) mass is 266 g/mol. The van der Waals surface area contributed by atoms with E-state index in [-0.39, 0.29) is 5.41 Å². The van der Waals surface area contributed by atoms with Crippen molar-refractivity contribution in [2.45, 2.75) is 26.2 Å². The van der Waals surface area contributed by atoms with Crippen molar-refractivity contribution in [3.8, 4) is 11.3 Å². The van der Waals surface area contributed by atoms with Crippen molar-refractivity contribution in [3.05, 3.63) is 48.5 Å². The summed E-state index contributed by atoms with van der Waals surface area (Å²) in [5.41, 5.74) is 10.5. The van der Waals surface area contributed by atoms with Gasteiger partial charge in [0, 0.05) is 29.6 Å². The average molecular weight is 266 g/mol. The van der Waals surface area contributed by atoms with Crippen LogP contribution in [0, 0.1) is 0 Å². The maximum absolute atomic E-state index is 5.88. The quantitative estimate of drug-likeness (QED) is 0.735. The third-order valence-electron chi connectivity index (χ3n) is 3.27. The highest BCUT2D eigenvalue weighted by Gasteiger charge is 2.24. The van der Waals surface area contributed by atoms with Crippen molar-refractivity contribution < 1.29 is 0 Å². The number of pyridine rings is 2. The fourth-order valence-electron chi connectivity index (χ4n) is 2.38. The molecule has 0 saturated heterocycles. The van der Waals surface area contributed by atoms with E-state index in [2.05, 4.69) is 30.2 Å². The third-order valence-corrected chi connectivity index (χ3v) is 3.27. The molecule has 0 aliphatic carbocycles. The minimum atomic E-state index is -0.0496. The van der Waals surface area contributed by atoms with Gasteiger partial charge in [-0.1, -0.05) is 26.8 Å². The van der Waals surface area contributed by atoms with E-state index in [4.69, 9.17) is 10.7 Å². The fraction of sp³-hybridized carbons (Fsp3) is 0.250. The van der Waals surface area contributed by atoms with Gasteiger partial charge in [0.25, 0.3) is 0 Å². The number of hydrogen-bond acceptors (Lipinski definition) is 3. The summed E-state index contributed by atoms with van der Waals surface area (Å²) in [5, 5.41) is 0. The van der Waals surface area contributed by atoms with Crippen molar-refractivity contribution in [2.75, 3.05) is 5.73 Å². The molecule has 4 nitrogen and oxygen atoms in total. The Kier molecular flexibility index (Phi) is 2.74. The first kappa shape index (κ1) is 12.7. The summed E-state index contributed by atoms with van der Waals surface area (Å²) in [6, 6.07) is 7.96. The molecule has 0 saturated carbocycles. The number of aromatic nitrogens is 3. The molecule has 0 bridgehead atoms. The van der Waals surface area contributed by atoms with Crippen molar-refractivity contribution >= 4 is 11.3 Å². The first-order chi connectivity index (χ1) is 9.47. The molecule has 0 aliphatic heterocycles. The number of hydrogen-bond donors (Lipinski definition) is 1. The van der Waals surface area contributed by atoms with Gasteiger partial charge in [-0.05, 0) is 18.2 Å². The minimum Gasteiger partial charge on any atom is -0.397 e. The second kappa shape index (κ2) is 4.34. The molecule has 3 aromatic heterocycles. The van der Waals surface area contributed by atoms with E-state index in [0.29, 0.717) is 5.69 Å². The van der Waals surface area contributed by atoms with Crippen LogP contribution in [-0.4, -0.2) is 14.4 Å². The summed E-state index contributed by atoms with van der Waals surface area (Å²) in [6.07, 6.45) is 5.52. The van der Waals surface area contributed by atoms with Gasteiger partial charge in [-0.3, -0.25) is 9.38 Å². The first-order valence-corrected chi connectivity index (χ1v) is 6.65. The second-order valence-electron chi connectivity index (χ2n) is 5.99. The number of nitrogens with two attached hydrogens (primary N) is 1. The molecule has 3 aromatic rings. The SMILES string of the molecule is CC(C)(C)c1nc2ccccn2c1-c1cncc(N)c1. The van der Waals surface area contributed by atoms with E-state index in [1.54, 1.807) is 6.20 Å². The van der Waals surface area contributed by atoms with Gasteiger partial charge in [0.05, 0.1) is 17.1 Å². The topological polar surface area (TPSA) is 56.2 Å². The van der Waals surface area contributed by atoms with Crippen LogP contribution in [0.15, 0.2) is 42.9 Å². The molecular weight excluding hydrogens is 248 g/mol. The summed E-state index contributed by atoms with van der Waals surface area (Å²) in [6.45, 7) is 6.49. The molecule has 0 unspecified atom stereocenters. The smallest absolute Gasteiger partial charge is 0.137 e. The Bertz CT molecular complexity index is 765. The molecule has 102 valence electrons. The second-order valence-corrected chi connectivity index (χ2v) is 5.99. The fourth-order valence-corrected chi connectivity index (χ4v) is 2.38. The summed E-state index contributed by atoms with van der Waals surface area (Å²) in [7, 11) is 0. The molecule has 0 aliphatic rings. The van der Waals surface area contributed by atoms with Crippen molar-refractivity contribution in [2.24, 2.45) is 0 Å². The van der Waals surface area contributed by atoms with Gasteiger partial charge in [0.15, 0.2) is 0 Å². The van der Waals surface area contributed by atoms with Crippen molar-refractivity contribution in [1.82, 2.24) is 14.4 Å². The van der Waals surface area contributed by atoms with Crippen LogP contribution < -0.4 is 5.73 Å². The molecule has 0 aromatic carbocycles. The number of imidazole rings is 1. The lowest BCUT2D eigenvalue weighted by Crippen LogP contribution is -2.13. The molecule has 0 amide bonds. The highest BCUT2D eigenvalue weighted by Crippen LogP contribution is 2.33. The lowest BCUT2D eigenvalue weighted by atomic mass is 9.89. The lowest BCUT2D eigenvalue weighted by molar-refractivity contribution is 0.575. The third kappa shape index (κ3) is 2.03. The normalized spacial score (nSPS) is 11.9. The van der Waals surface area contributed by atoms with Crippen LogP contribution in [0.1, 0.15) is 26.5 Å². The molecule has 0 atom stereocenters. The van der Waals surface area contributed by atoms with Gasteiger partial charge < -0.3 is 5.73 Å². The van der Waals surface area contributed by atoms with E-state index < -0.39 is 0 Å². The molecule has 20 heavy (non-hydrogen) atoms. The Labute approximate surface area is 118 Å². The minimum absolute atomic E-state index is 0.0496. The van der Waals surface area contributed by atoms with Crippen molar-refractivity contribution in [3.63, 3.8) is 0 Å². The van der Waals surface area contributed by atoms with Gasteiger partial charge in [0.2, 0.25) is 0 Å². The zero-order valence-electron chi connectivity index (χ0n) is 12.0. The molecule has 3 heterocycles. The molecule has 0 fully saturated rings. The number of anilines is 1. The van der Waals surface area contributed by atoms with E-state index in [1.165, 1.54) is 0 Å². The number of fused-ring (bicyclic) bond motifs is 1. The van der Waals surface area contributed by atoms with Gasteiger partial charge >= 0.3 is 0 Å². The van der Waals surface area contributed by atoms with Crippen LogP contribution in [0.3, 0.4) is 0 Å². The zero-order valence-corrected chi connectivity index (χ0v) is 12.0. The van der Waals surface area contributed by atoms with Crippen LogP contribution in [-0.2, 0) is 5.41 Å². The maximum Gasteiger partial charge on any atom is 0.137 e. The van der Waals surface area contributed by atoms with Crippen LogP contribution in [0.4, 0.5) is 5.69 Å². The van der Waals surface area contributed by atoms with Crippen LogP contribution in [0.5, 0.6) is 0 Å². The summed E-state index contributed by atoms with van der Waals surface area (Å²) < 4.78 is 2.09.